The number of carbonyl (C=O) groups is 2. The van der Waals surface area contributed by atoms with Crippen molar-refractivity contribution in [2.24, 2.45) is 0 Å². The van der Waals surface area contributed by atoms with Gasteiger partial charge in [0.2, 0.25) is 0 Å². The van der Waals surface area contributed by atoms with Gasteiger partial charge in [-0.1, -0.05) is 19.1 Å². The second-order valence-corrected chi connectivity index (χ2v) is 6.72. The van der Waals surface area contributed by atoms with Crippen LogP contribution in [0.15, 0.2) is 48.5 Å². The van der Waals surface area contributed by atoms with Crippen LogP contribution in [-0.4, -0.2) is 37.7 Å². The molecule has 1 aliphatic heterocycles. The molecular weight excluding hydrogens is 356 g/mol. The van der Waals surface area contributed by atoms with Gasteiger partial charge in [0.15, 0.2) is 0 Å². The van der Waals surface area contributed by atoms with E-state index in [4.69, 9.17) is 9.47 Å². The summed E-state index contributed by atoms with van der Waals surface area (Å²) >= 11 is 0. The van der Waals surface area contributed by atoms with E-state index in [-0.39, 0.29) is 17.9 Å². The fourth-order valence-electron chi connectivity index (χ4n) is 3.01. The van der Waals surface area contributed by atoms with Gasteiger partial charge in [0.1, 0.15) is 5.75 Å². The number of ether oxygens (including phenoxy) is 2. The third-order valence-electron chi connectivity index (χ3n) is 4.51. The molecule has 148 valence electrons. The Morgan fingerprint density at radius 2 is 1.89 bits per heavy atom. The van der Waals surface area contributed by atoms with Crippen molar-refractivity contribution in [1.82, 2.24) is 5.32 Å². The van der Waals surface area contributed by atoms with E-state index in [1.807, 2.05) is 13.0 Å². The molecule has 0 aromatic heterocycles. The molecule has 1 saturated heterocycles. The van der Waals surface area contributed by atoms with Gasteiger partial charge in [-0.25, -0.2) is 0 Å². The molecule has 0 spiro atoms. The van der Waals surface area contributed by atoms with Crippen molar-refractivity contribution in [3.63, 3.8) is 0 Å². The van der Waals surface area contributed by atoms with Gasteiger partial charge in [0.25, 0.3) is 11.8 Å². The number of benzene rings is 2. The SMILES string of the molecule is CCCOc1ccccc1C(=O)Nc1ccc(C(=O)NCC2CCCO2)cc1. The van der Waals surface area contributed by atoms with Gasteiger partial charge in [-0.3, -0.25) is 9.59 Å². The van der Waals surface area contributed by atoms with E-state index in [1.54, 1.807) is 42.5 Å². The maximum Gasteiger partial charge on any atom is 0.259 e. The molecule has 1 heterocycles. The van der Waals surface area contributed by atoms with Gasteiger partial charge in [-0.15, -0.1) is 0 Å². The molecule has 2 aromatic rings. The third-order valence-corrected chi connectivity index (χ3v) is 4.51. The van der Waals surface area contributed by atoms with Crippen LogP contribution in [0.4, 0.5) is 5.69 Å². The Labute approximate surface area is 165 Å². The molecule has 6 nitrogen and oxygen atoms in total. The van der Waals surface area contributed by atoms with Crippen LogP contribution >= 0.6 is 0 Å². The summed E-state index contributed by atoms with van der Waals surface area (Å²) in [7, 11) is 0. The van der Waals surface area contributed by atoms with Crippen molar-refractivity contribution in [3.05, 3.63) is 59.7 Å². The van der Waals surface area contributed by atoms with Crippen molar-refractivity contribution < 1.29 is 19.1 Å². The highest BCUT2D eigenvalue weighted by molar-refractivity contribution is 6.06. The van der Waals surface area contributed by atoms with Gasteiger partial charge in [-0.2, -0.15) is 0 Å². The summed E-state index contributed by atoms with van der Waals surface area (Å²) in [4.78, 5) is 24.8. The minimum atomic E-state index is -0.248. The highest BCUT2D eigenvalue weighted by atomic mass is 16.5. The van der Waals surface area contributed by atoms with Gasteiger partial charge in [0.05, 0.1) is 18.3 Å². The zero-order valence-electron chi connectivity index (χ0n) is 16.1. The first-order valence-corrected chi connectivity index (χ1v) is 9.70. The van der Waals surface area contributed by atoms with E-state index in [2.05, 4.69) is 10.6 Å². The molecule has 1 unspecified atom stereocenters. The smallest absolute Gasteiger partial charge is 0.259 e. The number of amides is 2. The van der Waals surface area contributed by atoms with Crippen LogP contribution in [-0.2, 0) is 4.74 Å². The highest BCUT2D eigenvalue weighted by Gasteiger charge is 2.17. The van der Waals surface area contributed by atoms with E-state index in [9.17, 15) is 9.59 Å². The molecule has 6 heteroatoms. The highest BCUT2D eigenvalue weighted by Crippen LogP contribution is 2.20. The van der Waals surface area contributed by atoms with Crippen LogP contribution < -0.4 is 15.4 Å². The number of rotatable bonds is 8. The van der Waals surface area contributed by atoms with Crippen LogP contribution in [0.3, 0.4) is 0 Å². The molecule has 0 radical (unpaired) electrons. The average molecular weight is 382 g/mol. The first-order valence-electron chi connectivity index (χ1n) is 9.70. The summed E-state index contributed by atoms with van der Waals surface area (Å²) < 4.78 is 11.1. The quantitative estimate of drug-likeness (QED) is 0.731. The summed E-state index contributed by atoms with van der Waals surface area (Å²) in [5.74, 6) is 0.168. The number of anilines is 1. The molecule has 2 aromatic carbocycles. The normalized spacial score (nSPS) is 15.8. The van der Waals surface area contributed by atoms with E-state index in [0.717, 1.165) is 25.9 Å². The number of hydrogen-bond donors (Lipinski definition) is 2. The molecule has 1 fully saturated rings. The predicted octanol–water partition coefficient (Wildman–Crippen LogP) is 3.64. The monoisotopic (exact) mass is 382 g/mol. The molecule has 3 rings (SSSR count). The number of para-hydroxylation sites is 1. The van der Waals surface area contributed by atoms with Gasteiger partial charge in [0, 0.05) is 24.4 Å². The Morgan fingerprint density at radius 1 is 1.11 bits per heavy atom. The topological polar surface area (TPSA) is 76.7 Å². The molecule has 1 aliphatic rings. The lowest BCUT2D eigenvalue weighted by molar-refractivity contribution is 0.0857. The van der Waals surface area contributed by atoms with Crippen molar-refractivity contribution in [2.75, 3.05) is 25.1 Å². The second-order valence-electron chi connectivity index (χ2n) is 6.72. The van der Waals surface area contributed by atoms with Crippen LogP contribution in [0.5, 0.6) is 5.75 Å². The van der Waals surface area contributed by atoms with Crippen LogP contribution in [0.2, 0.25) is 0 Å². The molecule has 2 N–H and O–H groups in total. The van der Waals surface area contributed by atoms with Crippen molar-refractivity contribution in [2.45, 2.75) is 32.3 Å². The van der Waals surface area contributed by atoms with Crippen LogP contribution in [0.25, 0.3) is 0 Å². The number of nitrogens with one attached hydrogen (secondary N) is 2. The third kappa shape index (κ3) is 5.33. The van der Waals surface area contributed by atoms with E-state index in [0.29, 0.717) is 35.7 Å². The fourth-order valence-corrected chi connectivity index (χ4v) is 3.01. The maximum atomic E-state index is 12.6. The van der Waals surface area contributed by atoms with Crippen LogP contribution in [0.1, 0.15) is 46.9 Å². The summed E-state index contributed by atoms with van der Waals surface area (Å²) in [6.07, 6.45) is 3.00. The minimum absolute atomic E-state index is 0.109. The summed E-state index contributed by atoms with van der Waals surface area (Å²) in [5, 5.41) is 5.73. The van der Waals surface area contributed by atoms with E-state index >= 15 is 0 Å². The van der Waals surface area contributed by atoms with E-state index in [1.165, 1.54) is 0 Å². The Balaban J connectivity index is 1.58. The maximum absolute atomic E-state index is 12.6. The zero-order valence-corrected chi connectivity index (χ0v) is 16.1. The molecule has 0 saturated carbocycles. The number of hydrogen-bond acceptors (Lipinski definition) is 4. The standard InChI is InChI=1S/C22H26N2O4/c1-2-13-28-20-8-4-3-7-19(20)22(26)24-17-11-9-16(10-12-17)21(25)23-15-18-6-5-14-27-18/h3-4,7-12,18H,2,5-6,13-15H2,1H3,(H,23,25)(H,24,26). The fraction of sp³-hybridized carbons (Fsp3) is 0.364. The lowest BCUT2D eigenvalue weighted by atomic mass is 10.1. The van der Waals surface area contributed by atoms with Gasteiger partial charge < -0.3 is 20.1 Å². The van der Waals surface area contributed by atoms with Crippen molar-refractivity contribution in [1.29, 1.82) is 0 Å². The molecular formula is C22H26N2O4. The molecule has 2 amide bonds. The molecule has 1 atom stereocenters. The summed E-state index contributed by atoms with van der Waals surface area (Å²) in [5.41, 5.74) is 1.64. The van der Waals surface area contributed by atoms with Gasteiger partial charge >= 0.3 is 0 Å². The first kappa shape index (κ1) is 19.9. The van der Waals surface area contributed by atoms with Crippen molar-refractivity contribution >= 4 is 17.5 Å². The first-order chi connectivity index (χ1) is 13.7. The second kappa shape index (κ2) is 9.90. The molecule has 0 bridgehead atoms. The van der Waals surface area contributed by atoms with Crippen molar-refractivity contribution in [3.8, 4) is 5.75 Å². The number of carbonyl (C=O) groups excluding carboxylic acids is 2. The van der Waals surface area contributed by atoms with Gasteiger partial charge in [-0.05, 0) is 55.7 Å². The Kier molecular flexibility index (Phi) is 7.03. The summed E-state index contributed by atoms with van der Waals surface area (Å²) in [6, 6.07) is 14.0. The Bertz CT molecular complexity index is 798. The Hall–Kier alpha value is -2.86. The summed E-state index contributed by atoms with van der Waals surface area (Å²) in [6.45, 7) is 3.86. The van der Waals surface area contributed by atoms with Crippen LogP contribution in [0, 0.1) is 0 Å². The molecule has 28 heavy (non-hydrogen) atoms. The minimum Gasteiger partial charge on any atom is -0.493 e. The van der Waals surface area contributed by atoms with E-state index < -0.39 is 0 Å². The lowest BCUT2D eigenvalue weighted by Crippen LogP contribution is -2.31. The largest absolute Gasteiger partial charge is 0.493 e. The average Bonchev–Trinajstić information content (AvgIpc) is 3.25. The molecule has 0 aliphatic carbocycles. The predicted molar refractivity (Wildman–Crippen MR) is 108 cm³/mol. The zero-order chi connectivity index (χ0) is 19.8. The Morgan fingerprint density at radius 3 is 2.61 bits per heavy atom. The lowest BCUT2D eigenvalue weighted by Gasteiger charge is -2.12.